The summed E-state index contributed by atoms with van der Waals surface area (Å²) in [5, 5.41) is 1.42. The summed E-state index contributed by atoms with van der Waals surface area (Å²) >= 11 is 12.9. The van der Waals surface area contributed by atoms with Gasteiger partial charge in [-0.05, 0) is 143 Å². The Labute approximate surface area is 417 Å². The molecule has 4 aliphatic rings. The van der Waals surface area contributed by atoms with E-state index in [9.17, 15) is 16.8 Å². The summed E-state index contributed by atoms with van der Waals surface area (Å²) < 4.78 is 51.5. The molecule has 0 saturated carbocycles. The summed E-state index contributed by atoms with van der Waals surface area (Å²) in [6, 6.07) is 37.0. The third-order valence-corrected chi connectivity index (χ3v) is 17.3. The lowest BCUT2D eigenvalue weighted by molar-refractivity contribution is 0.256. The van der Waals surface area contributed by atoms with E-state index in [-0.39, 0.29) is 17.8 Å². The summed E-state index contributed by atoms with van der Waals surface area (Å²) in [5.41, 5.74) is 12.7. The van der Waals surface area contributed by atoms with Crippen molar-refractivity contribution >= 4 is 72.4 Å². The van der Waals surface area contributed by atoms with Crippen molar-refractivity contribution in [1.82, 2.24) is 23.6 Å². The zero-order valence-electron chi connectivity index (χ0n) is 39.3. The van der Waals surface area contributed by atoms with Crippen LogP contribution in [-0.4, -0.2) is 85.6 Å². The number of hydrogen-bond donors (Lipinski definition) is 0. The fourth-order valence-corrected chi connectivity index (χ4v) is 12.9. The maximum absolute atomic E-state index is 12.2. The molecule has 10 nitrogen and oxygen atoms in total. The Morgan fingerprint density at radius 3 is 1.52 bits per heavy atom. The SMILES string of the molecule is CCC1=Cc2cc(Cl)ccc2C(C2CCN(S(C)(=O)=O)CC2)c2ncccc21.CS(=O)(=O)N1CCC(C2c3ccc(Cl)cc3C=C(CN(Cc3ccccc3)c3ccccn3)c3cccnc32)CC1. The molecule has 358 valence electrons. The van der Waals surface area contributed by atoms with Gasteiger partial charge >= 0.3 is 0 Å². The van der Waals surface area contributed by atoms with E-state index < -0.39 is 20.0 Å². The van der Waals surface area contributed by atoms with Crippen LogP contribution in [0.25, 0.3) is 23.3 Å². The third-order valence-electron chi connectivity index (χ3n) is 14.2. The van der Waals surface area contributed by atoms with Gasteiger partial charge in [0.15, 0.2) is 0 Å². The molecular weight excluding hydrogens is 944 g/mol. The van der Waals surface area contributed by atoms with E-state index in [2.05, 4.69) is 72.5 Å². The maximum atomic E-state index is 12.2. The standard InChI is InChI=1S/C33H33ClN4O2S.C22H25ClN2O2S/c1-41(39,40)38-18-14-25(15-19-38)32-29-13-12-28(34)21-26(29)20-27(30-10-7-17-36-33(30)32)23-37(31-11-5-6-16-35-31)22-24-8-3-2-4-9-24;1-3-15-13-17-14-18(23)6-7-19(17)21(22-20(15)5-4-10-24-22)16-8-11-25(12-9-16)28(2,26)27/h2-13,16-17,20-21,25,32H,14-15,18-19,22-23H2,1H3;4-7,10,13-14,16,21H,3,8-9,11-12H2,1-2H3. The number of anilines is 1. The van der Waals surface area contributed by atoms with Gasteiger partial charge in [-0.1, -0.05) is 96.9 Å². The van der Waals surface area contributed by atoms with E-state index in [0.717, 1.165) is 76.6 Å². The Bertz CT molecular complexity index is 3080. The number of rotatable bonds is 10. The van der Waals surface area contributed by atoms with Crippen LogP contribution in [0.2, 0.25) is 10.0 Å². The predicted molar refractivity (Wildman–Crippen MR) is 281 cm³/mol. The minimum absolute atomic E-state index is 0.0337. The summed E-state index contributed by atoms with van der Waals surface area (Å²) in [6.45, 7) is 5.69. The second-order valence-electron chi connectivity index (χ2n) is 18.6. The first-order valence-corrected chi connectivity index (χ1v) is 28.2. The molecule has 14 heteroatoms. The molecule has 2 atom stereocenters. The van der Waals surface area contributed by atoms with Crippen molar-refractivity contribution in [2.24, 2.45) is 11.8 Å². The first-order valence-electron chi connectivity index (χ1n) is 23.8. The monoisotopic (exact) mass is 1000 g/mol. The van der Waals surface area contributed by atoms with E-state index in [4.69, 9.17) is 38.2 Å². The molecule has 3 aromatic carbocycles. The first kappa shape index (κ1) is 48.8. The molecule has 3 aromatic heterocycles. The van der Waals surface area contributed by atoms with Crippen molar-refractivity contribution in [3.63, 3.8) is 0 Å². The Kier molecular flexibility index (Phi) is 14.9. The Morgan fingerprint density at radius 2 is 1.04 bits per heavy atom. The highest BCUT2D eigenvalue weighted by molar-refractivity contribution is 7.88. The number of pyridine rings is 3. The molecule has 0 N–H and O–H groups in total. The highest BCUT2D eigenvalue weighted by atomic mass is 35.5. The van der Waals surface area contributed by atoms with Gasteiger partial charge in [0.05, 0.1) is 23.9 Å². The fourth-order valence-electron chi connectivity index (χ4n) is 10.8. The molecule has 0 bridgehead atoms. The molecule has 2 saturated heterocycles. The molecular formula is C55H58Cl2N6O4S2. The molecule has 69 heavy (non-hydrogen) atoms. The predicted octanol–water partition coefficient (Wildman–Crippen LogP) is 11.3. The van der Waals surface area contributed by atoms with Crippen molar-refractivity contribution in [2.75, 3.05) is 50.1 Å². The maximum Gasteiger partial charge on any atom is 0.211 e. The number of nitrogens with zero attached hydrogens (tertiary/aromatic N) is 6. The molecule has 2 aliphatic heterocycles. The zero-order valence-corrected chi connectivity index (χ0v) is 42.4. The first-order chi connectivity index (χ1) is 33.2. The van der Waals surface area contributed by atoms with Crippen LogP contribution in [-0.2, 0) is 26.6 Å². The number of fused-ring (bicyclic) bond motifs is 4. The van der Waals surface area contributed by atoms with Gasteiger partial charge in [0, 0.05) is 85.3 Å². The second kappa shape index (κ2) is 21.0. The fraction of sp³-hybridized carbons (Fsp3) is 0.327. The number of piperidine rings is 2. The lowest BCUT2D eigenvalue weighted by Crippen LogP contribution is -2.39. The molecule has 5 heterocycles. The van der Waals surface area contributed by atoms with Crippen LogP contribution in [0.3, 0.4) is 0 Å². The summed E-state index contributed by atoms with van der Waals surface area (Å²) in [4.78, 5) is 16.8. The molecule has 2 aliphatic carbocycles. The van der Waals surface area contributed by atoms with Crippen LogP contribution in [0.4, 0.5) is 5.82 Å². The van der Waals surface area contributed by atoms with Crippen LogP contribution >= 0.6 is 23.2 Å². The van der Waals surface area contributed by atoms with E-state index in [0.29, 0.717) is 50.2 Å². The molecule has 2 unspecified atom stereocenters. The van der Waals surface area contributed by atoms with Gasteiger partial charge in [-0.25, -0.2) is 30.4 Å². The van der Waals surface area contributed by atoms with Gasteiger partial charge in [-0.15, -0.1) is 0 Å². The van der Waals surface area contributed by atoms with E-state index in [1.165, 1.54) is 40.3 Å². The Balaban J connectivity index is 0.000000185. The van der Waals surface area contributed by atoms with Gasteiger partial charge in [-0.2, -0.15) is 0 Å². The smallest absolute Gasteiger partial charge is 0.211 e. The molecule has 10 rings (SSSR count). The van der Waals surface area contributed by atoms with Crippen molar-refractivity contribution in [1.29, 1.82) is 0 Å². The van der Waals surface area contributed by atoms with E-state index in [1.54, 1.807) is 8.61 Å². The number of aromatic nitrogens is 3. The number of benzene rings is 3. The van der Waals surface area contributed by atoms with Crippen LogP contribution in [0.5, 0.6) is 0 Å². The minimum atomic E-state index is -3.21. The largest absolute Gasteiger partial charge is 0.348 e. The molecule has 6 aromatic rings. The summed E-state index contributed by atoms with van der Waals surface area (Å²) in [6.07, 6.45) is 16.8. The average molecular weight is 1000 g/mol. The zero-order chi connectivity index (χ0) is 48.3. The van der Waals surface area contributed by atoms with Gasteiger partial charge in [0.1, 0.15) is 5.82 Å². The second-order valence-corrected chi connectivity index (χ2v) is 23.4. The van der Waals surface area contributed by atoms with Gasteiger partial charge in [0.25, 0.3) is 0 Å². The lowest BCUT2D eigenvalue weighted by Gasteiger charge is -2.35. The topological polar surface area (TPSA) is 117 Å². The van der Waals surface area contributed by atoms with Crippen molar-refractivity contribution in [3.05, 3.63) is 188 Å². The Hall–Kier alpha value is -5.21. The van der Waals surface area contributed by atoms with E-state index >= 15 is 0 Å². The van der Waals surface area contributed by atoms with Crippen LogP contribution in [0, 0.1) is 11.8 Å². The average Bonchev–Trinajstić information content (AvgIpc) is 3.57. The Morgan fingerprint density at radius 1 is 0.565 bits per heavy atom. The highest BCUT2D eigenvalue weighted by Gasteiger charge is 2.38. The summed E-state index contributed by atoms with van der Waals surface area (Å²) in [7, 11) is -6.35. The van der Waals surface area contributed by atoms with Gasteiger partial charge in [0.2, 0.25) is 20.0 Å². The molecule has 0 radical (unpaired) electrons. The van der Waals surface area contributed by atoms with Crippen molar-refractivity contribution < 1.29 is 16.8 Å². The van der Waals surface area contributed by atoms with Crippen LogP contribution in [0.15, 0.2) is 128 Å². The third kappa shape index (κ3) is 11.1. The van der Waals surface area contributed by atoms with Gasteiger partial charge in [-0.3, -0.25) is 9.97 Å². The van der Waals surface area contributed by atoms with Gasteiger partial charge < -0.3 is 4.90 Å². The number of hydrogen-bond acceptors (Lipinski definition) is 8. The highest BCUT2D eigenvalue weighted by Crippen LogP contribution is 2.47. The van der Waals surface area contributed by atoms with Crippen molar-refractivity contribution in [2.45, 2.75) is 57.4 Å². The van der Waals surface area contributed by atoms with Crippen LogP contribution < -0.4 is 4.90 Å². The van der Waals surface area contributed by atoms with E-state index in [1.807, 2.05) is 79.3 Å². The van der Waals surface area contributed by atoms with Crippen molar-refractivity contribution in [3.8, 4) is 0 Å². The number of halogens is 2. The summed E-state index contributed by atoms with van der Waals surface area (Å²) in [5.74, 6) is 1.68. The number of allylic oxidation sites excluding steroid dienone is 1. The molecule has 0 amide bonds. The number of sulfonamides is 2. The minimum Gasteiger partial charge on any atom is -0.348 e. The van der Waals surface area contributed by atoms with Crippen LogP contribution in [0.1, 0.15) is 101 Å². The molecule has 2 fully saturated rings. The normalized spacial score (nSPS) is 19.0. The lowest BCUT2D eigenvalue weighted by atomic mass is 9.76. The molecule has 0 spiro atoms. The quantitative estimate of drug-likeness (QED) is 0.133.